The van der Waals surface area contributed by atoms with Gasteiger partial charge in [-0.25, -0.2) is 15.0 Å². The van der Waals surface area contributed by atoms with Gasteiger partial charge in [-0.3, -0.25) is 4.79 Å². The van der Waals surface area contributed by atoms with Crippen LogP contribution in [-0.4, -0.2) is 22.9 Å². The zero-order valence-electron chi connectivity index (χ0n) is 21.3. The molecule has 0 amide bonds. The van der Waals surface area contributed by atoms with E-state index in [-0.39, 0.29) is 11.0 Å². The molecule has 0 atom stereocenters. The van der Waals surface area contributed by atoms with E-state index in [1.165, 1.54) is 12.0 Å². The number of methoxy groups -OCH3 is 1. The van der Waals surface area contributed by atoms with Crippen LogP contribution in [0.4, 0.5) is 5.95 Å². The smallest absolute Gasteiger partial charge is 0.263 e. The summed E-state index contributed by atoms with van der Waals surface area (Å²) in [6, 6.07) is 23.8. The fourth-order valence-corrected chi connectivity index (χ4v) is 6.23. The molecule has 1 aromatic heterocycles. The minimum atomic E-state index is -0.195. The molecule has 1 N–H and O–H groups in total. The molecule has 38 heavy (non-hydrogen) atoms. The first-order valence-corrected chi connectivity index (χ1v) is 13.8. The standard InChI is InChI=1S/C31H29BrN4O2/c1-38-25-15-13-24(14-16-25)36-29(37)27-28(34-30(36)35-33-20-21-9-11-23(32)12-10-21)26-8-4-3-7-22(26)19-31(27)17-5-2-6-18-31/h3-4,7-16,20H,2,5-6,17-19H2,1H3,(H,34,35)/b33-20+. The number of nitrogens with one attached hydrogen (secondary N) is 1. The van der Waals surface area contributed by atoms with Gasteiger partial charge in [0.25, 0.3) is 5.56 Å². The number of benzene rings is 3. The minimum absolute atomic E-state index is 0.0297. The van der Waals surface area contributed by atoms with Crippen LogP contribution in [0.5, 0.6) is 5.75 Å². The third kappa shape index (κ3) is 4.45. The zero-order valence-corrected chi connectivity index (χ0v) is 22.9. The molecule has 1 spiro atoms. The molecule has 6 nitrogen and oxygen atoms in total. The van der Waals surface area contributed by atoms with Crippen molar-refractivity contribution in [1.29, 1.82) is 0 Å². The summed E-state index contributed by atoms with van der Waals surface area (Å²) in [4.78, 5) is 19.7. The van der Waals surface area contributed by atoms with Gasteiger partial charge in [0.2, 0.25) is 5.95 Å². The molecule has 7 heteroatoms. The van der Waals surface area contributed by atoms with E-state index in [2.05, 4.69) is 44.7 Å². The molecule has 0 saturated heterocycles. The first kappa shape index (κ1) is 24.6. The summed E-state index contributed by atoms with van der Waals surface area (Å²) >= 11 is 3.47. The molecule has 0 bridgehead atoms. The predicted octanol–water partition coefficient (Wildman–Crippen LogP) is 6.87. The molecule has 1 saturated carbocycles. The number of hydrogen-bond acceptors (Lipinski definition) is 5. The van der Waals surface area contributed by atoms with E-state index in [9.17, 15) is 4.79 Å². The number of hydrazone groups is 1. The molecule has 0 unspecified atom stereocenters. The van der Waals surface area contributed by atoms with Crippen molar-refractivity contribution in [3.63, 3.8) is 0 Å². The van der Waals surface area contributed by atoms with Crippen LogP contribution in [0.3, 0.4) is 0 Å². The van der Waals surface area contributed by atoms with Crippen LogP contribution in [0, 0.1) is 0 Å². The maximum absolute atomic E-state index is 14.5. The summed E-state index contributed by atoms with van der Waals surface area (Å²) in [5.74, 6) is 1.11. The second-order valence-corrected chi connectivity index (χ2v) is 11.0. The van der Waals surface area contributed by atoms with Crippen molar-refractivity contribution in [3.8, 4) is 22.7 Å². The van der Waals surface area contributed by atoms with Crippen molar-refractivity contribution in [2.75, 3.05) is 12.5 Å². The molecule has 1 heterocycles. The first-order valence-electron chi connectivity index (χ1n) is 13.0. The van der Waals surface area contributed by atoms with Crippen LogP contribution in [0.2, 0.25) is 0 Å². The summed E-state index contributed by atoms with van der Waals surface area (Å²) in [6.07, 6.45) is 8.08. The van der Waals surface area contributed by atoms with Gasteiger partial charge in [0.1, 0.15) is 5.75 Å². The summed E-state index contributed by atoms with van der Waals surface area (Å²) in [5.41, 5.74) is 8.45. The number of ether oxygens (including phenoxy) is 1. The first-order chi connectivity index (χ1) is 18.6. The van der Waals surface area contributed by atoms with Crippen molar-refractivity contribution >= 4 is 28.1 Å². The highest BCUT2D eigenvalue weighted by Gasteiger charge is 2.43. The average Bonchev–Trinajstić information content (AvgIpc) is 2.95. The number of halogens is 1. The van der Waals surface area contributed by atoms with E-state index in [1.807, 2.05) is 54.6 Å². The Hall–Kier alpha value is -3.71. The zero-order chi connectivity index (χ0) is 26.1. The number of anilines is 1. The Morgan fingerprint density at radius 1 is 1.00 bits per heavy atom. The lowest BCUT2D eigenvalue weighted by Gasteiger charge is -2.42. The van der Waals surface area contributed by atoms with Gasteiger partial charge < -0.3 is 4.74 Å². The van der Waals surface area contributed by atoms with E-state index < -0.39 is 0 Å². The van der Waals surface area contributed by atoms with Crippen LogP contribution >= 0.6 is 15.9 Å². The van der Waals surface area contributed by atoms with Gasteiger partial charge in [0.15, 0.2) is 0 Å². The van der Waals surface area contributed by atoms with Crippen LogP contribution in [0.1, 0.15) is 48.8 Å². The number of hydrogen-bond donors (Lipinski definition) is 1. The maximum Gasteiger partial charge on any atom is 0.263 e. The highest BCUT2D eigenvalue weighted by molar-refractivity contribution is 9.10. The van der Waals surface area contributed by atoms with Gasteiger partial charge in [-0.05, 0) is 66.8 Å². The number of aromatic nitrogens is 2. The molecule has 192 valence electrons. The monoisotopic (exact) mass is 568 g/mol. The molecule has 6 rings (SSSR count). The van der Waals surface area contributed by atoms with Gasteiger partial charge in [0, 0.05) is 15.5 Å². The van der Waals surface area contributed by atoms with E-state index in [4.69, 9.17) is 9.72 Å². The Balaban J connectivity index is 1.54. The normalized spacial score (nSPS) is 15.7. The topological polar surface area (TPSA) is 68.5 Å². The molecule has 3 aromatic carbocycles. The van der Waals surface area contributed by atoms with Gasteiger partial charge >= 0.3 is 0 Å². The third-order valence-electron chi connectivity index (χ3n) is 7.80. The molecule has 4 aromatic rings. The molecule has 2 aliphatic rings. The summed E-state index contributed by atoms with van der Waals surface area (Å²) < 4.78 is 8.03. The Morgan fingerprint density at radius 3 is 2.47 bits per heavy atom. The van der Waals surface area contributed by atoms with Crippen molar-refractivity contribution in [3.05, 3.63) is 104 Å². The molecular weight excluding hydrogens is 540 g/mol. The number of rotatable bonds is 5. The third-order valence-corrected chi connectivity index (χ3v) is 8.33. The highest BCUT2D eigenvalue weighted by atomic mass is 79.9. The second kappa shape index (κ2) is 10.2. The van der Waals surface area contributed by atoms with Gasteiger partial charge in [-0.2, -0.15) is 5.10 Å². The van der Waals surface area contributed by atoms with E-state index >= 15 is 0 Å². The van der Waals surface area contributed by atoms with Gasteiger partial charge in [-0.15, -0.1) is 0 Å². The van der Waals surface area contributed by atoms with Crippen molar-refractivity contribution in [2.24, 2.45) is 5.10 Å². The van der Waals surface area contributed by atoms with Crippen LogP contribution in [0.25, 0.3) is 16.9 Å². The van der Waals surface area contributed by atoms with Crippen molar-refractivity contribution < 1.29 is 4.74 Å². The van der Waals surface area contributed by atoms with E-state index in [0.717, 1.165) is 70.4 Å². The van der Waals surface area contributed by atoms with Crippen LogP contribution < -0.4 is 15.7 Å². The van der Waals surface area contributed by atoms with Crippen molar-refractivity contribution in [2.45, 2.75) is 43.9 Å². The average molecular weight is 570 g/mol. The van der Waals surface area contributed by atoms with Gasteiger partial charge in [0.05, 0.1) is 30.3 Å². The van der Waals surface area contributed by atoms with E-state index in [0.29, 0.717) is 5.95 Å². The maximum atomic E-state index is 14.5. The van der Waals surface area contributed by atoms with Crippen LogP contribution in [-0.2, 0) is 11.8 Å². The highest BCUT2D eigenvalue weighted by Crippen LogP contribution is 2.48. The Kier molecular flexibility index (Phi) is 6.62. The molecular formula is C31H29BrN4O2. The second-order valence-electron chi connectivity index (χ2n) is 10.1. The largest absolute Gasteiger partial charge is 0.497 e. The lowest BCUT2D eigenvalue weighted by Crippen LogP contribution is -2.42. The summed E-state index contributed by atoms with van der Waals surface area (Å²) in [5, 5.41) is 4.47. The van der Waals surface area contributed by atoms with Crippen LogP contribution in [0.15, 0.2) is 87.2 Å². The number of nitrogens with zero attached hydrogens (tertiary/aromatic N) is 3. The molecule has 1 fully saturated rings. The quantitative estimate of drug-likeness (QED) is 0.210. The lowest BCUT2D eigenvalue weighted by atomic mass is 9.62. The lowest BCUT2D eigenvalue weighted by molar-refractivity contribution is 0.284. The van der Waals surface area contributed by atoms with Crippen molar-refractivity contribution in [1.82, 2.24) is 9.55 Å². The SMILES string of the molecule is COc1ccc(-n2c(N/N=C/c3ccc(Br)cc3)nc3c(c2=O)C2(CCCCC2)Cc2ccccc2-3)cc1. The Labute approximate surface area is 230 Å². The Bertz CT molecular complexity index is 1550. The van der Waals surface area contributed by atoms with Gasteiger partial charge in [-0.1, -0.05) is 71.6 Å². The fraction of sp³-hybridized carbons (Fsp3) is 0.258. The molecule has 0 radical (unpaired) electrons. The fourth-order valence-electron chi connectivity index (χ4n) is 5.97. The minimum Gasteiger partial charge on any atom is -0.497 e. The summed E-state index contributed by atoms with van der Waals surface area (Å²) in [6.45, 7) is 0. The van der Waals surface area contributed by atoms with E-state index in [1.54, 1.807) is 17.9 Å². The molecule has 0 aliphatic heterocycles. The summed E-state index contributed by atoms with van der Waals surface area (Å²) in [7, 11) is 1.63. The molecule has 2 aliphatic carbocycles. The Morgan fingerprint density at radius 2 is 1.74 bits per heavy atom. The number of fused-ring (bicyclic) bond motifs is 4. The predicted molar refractivity (Wildman–Crippen MR) is 156 cm³/mol.